The first-order valence-electron chi connectivity index (χ1n) is 6.32. The van der Waals surface area contributed by atoms with Crippen LogP contribution in [0.1, 0.15) is 0 Å². The largest absolute Gasteiger partial charge is 0.339 e. The number of hydrogen-bond acceptors (Lipinski definition) is 5. The third kappa shape index (κ3) is 2.08. The number of nitrogens with one attached hydrogen (secondary N) is 1. The molecule has 0 saturated heterocycles. The van der Waals surface area contributed by atoms with Gasteiger partial charge >= 0.3 is 5.69 Å². The fourth-order valence-corrected chi connectivity index (χ4v) is 2.15. The van der Waals surface area contributed by atoms with E-state index >= 15 is 0 Å². The summed E-state index contributed by atoms with van der Waals surface area (Å²) in [6.07, 6.45) is 1.33. The second kappa shape index (κ2) is 4.86. The molecular formula is C14H13N5O2. The zero-order chi connectivity index (χ0) is 15.0. The molecule has 0 amide bonds. The maximum absolute atomic E-state index is 12.3. The Morgan fingerprint density at radius 1 is 1.00 bits per heavy atom. The lowest BCUT2D eigenvalue weighted by Gasteiger charge is -2.10. The van der Waals surface area contributed by atoms with Crippen molar-refractivity contribution in [1.82, 2.24) is 19.1 Å². The summed E-state index contributed by atoms with van der Waals surface area (Å²) in [4.78, 5) is 32.4. The molecule has 7 heteroatoms. The molecule has 7 nitrogen and oxygen atoms in total. The molecule has 0 aliphatic rings. The van der Waals surface area contributed by atoms with Crippen LogP contribution < -0.4 is 16.6 Å². The maximum atomic E-state index is 12.3. The quantitative estimate of drug-likeness (QED) is 0.751. The average molecular weight is 283 g/mol. The highest BCUT2D eigenvalue weighted by atomic mass is 16.2. The third-order valence-corrected chi connectivity index (χ3v) is 3.27. The van der Waals surface area contributed by atoms with Gasteiger partial charge in [0.15, 0.2) is 5.65 Å². The van der Waals surface area contributed by atoms with Crippen LogP contribution in [0.3, 0.4) is 0 Å². The van der Waals surface area contributed by atoms with Crippen LogP contribution >= 0.6 is 0 Å². The van der Waals surface area contributed by atoms with Gasteiger partial charge in [-0.05, 0) is 12.1 Å². The number of benzene rings is 1. The molecule has 21 heavy (non-hydrogen) atoms. The summed E-state index contributed by atoms with van der Waals surface area (Å²) < 4.78 is 2.37. The van der Waals surface area contributed by atoms with E-state index in [0.717, 1.165) is 10.3 Å². The highest BCUT2D eigenvalue weighted by Gasteiger charge is 2.14. The number of fused-ring (bicyclic) bond motifs is 1. The van der Waals surface area contributed by atoms with Crippen molar-refractivity contribution in [3.05, 3.63) is 57.5 Å². The van der Waals surface area contributed by atoms with Crippen molar-refractivity contribution < 1.29 is 0 Å². The molecule has 1 aromatic carbocycles. The van der Waals surface area contributed by atoms with Crippen LogP contribution in [0.4, 0.5) is 11.5 Å². The van der Waals surface area contributed by atoms with Gasteiger partial charge in [-0.2, -0.15) is 0 Å². The van der Waals surface area contributed by atoms with Crippen molar-refractivity contribution in [1.29, 1.82) is 0 Å². The smallest absolute Gasteiger partial charge is 0.332 e. The molecule has 0 atom stereocenters. The van der Waals surface area contributed by atoms with Gasteiger partial charge in [0.25, 0.3) is 5.56 Å². The van der Waals surface area contributed by atoms with Gasteiger partial charge in [-0.3, -0.25) is 13.9 Å². The third-order valence-electron chi connectivity index (χ3n) is 3.27. The van der Waals surface area contributed by atoms with E-state index in [2.05, 4.69) is 15.3 Å². The number of aromatic nitrogens is 4. The Morgan fingerprint density at radius 3 is 2.43 bits per heavy atom. The molecule has 3 rings (SSSR count). The van der Waals surface area contributed by atoms with Gasteiger partial charge in [0.1, 0.15) is 17.5 Å². The summed E-state index contributed by atoms with van der Waals surface area (Å²) in [6.45, 7) is 0. The number of aryl methyl sites for hydroxylation is 1. The molecule has 2 heterocycles. The maximum Gasteiger partial charge on any atom is 0.332 e. The van der Waals surface area contributed by atoms with E-state index in [4.69, 9.17) is 0 Å². The predicted molar refractivity (Wildman–Crippen MR) is 79.7 cm³/mol. The second-order valence-corrected chi connectivity index (χ2v) is 4.62. The first-order chi connectivity index (χ1) is 10.1. The topological polar surface area (TPSA) is 81.8 Å². The van der Waals surface area contributed by atoms with Gasteiger partial charge in [-0.1, -0.05) is 18.2 Å². The standard InChI is InChI=1S/C14H13N5O2/c1-18-12-10(13(20)19(2)14(18)21)11(15-8-16-12)17-9-6-4-3-5-7-9/h3-8H,1-2H3,(H,15,16,17). The first kappa shape index (κ1) is 13.0. The molecule has 0 aliphatic carbocycles. The van der Waals surface area contributed by atoms with E-state index in [1.807, 2.05) is 30.3 Å². The molecule has 0 unspecified atom stereocenters. The monoisotopic (exact) mass is 283 g/mol. The fraction of sp³-hybridized carbons (Fsp3) is 0.143. The Labute approximate surface area is 119 Å². The zero-order valence-corrected chi connectivity index (χ0v) is 11.6. The van der Waals surface area contributed by atoms with Gasteiger partial charge in [-0.15, -0.1) is 0 Å². The molecular weight excluding hydrogens is 270 g/mol. The molecule has 106 valence electrons. The first-order valence-corrected chi connectivity index (χ1v) is 6.32. The average Bonchev–Trinajstić information content (AvgIpc) is 2.51. The van der Waals surface area contributed by atoms with E-state index < -0.39 is 11.2 Å². The molecule has 0 spiro atoms. The summed E-state index contributed by atoms with van der Waals surface area (Å²) in [5.74, 6) is 0.377. The molecule has 2 aromatic heterocycles. The lowest BCUT2D eigenvalue weighted by Crippen LogP contribution is -2.37. The Morgan fingerprint density at radius 2 is 1.71 bits per heavy atom. The molecule has 0 bridgehead atoms. The van der Waals surface area contributed by atoms with E-state index in [1.165, 1.54) is 17.9 Å². The van der Waals surface area contributed by atoms with Crippen LogP contribution in [-0.2, 0) is 14.1 Å². The van der Waals surface area contributed by atoms with Crippen molar-refractivity contribution in [3.8, 4) is 0 Å². The number of para-hydroxylation sites is 1. The minimum Gasteiger partial charge on any atom is -0.339 e. The molecule has 1 N–H and O–H groups in total. The highest BCUT2D eigenvalue weighted by Crippen LogP contribution is 2.18. The van der Waals surface area contributed by atoms with Crippen molar-refractivity contribution in [2.24, 2.45) is 14.1 Å². The van der Waals surface area contributed by atoms with Gasteiger partial charge < -0.3 is 5.32 Å². The Bertz CT molecular complexity index is 928. The summed E-state index contributed by atoms with van der Waals surface area (Å²) >= 11 is 0. The molecule has 3 aromatic rings. The highest BCUT2D eigenvalue weighted by molar-refractivity contribution is 5.87. The van der Waals surface area contributed by atoms with Crippen LogP contribution in [0.2, 0.25) is 0 Å². The van der Waals surface area contributed by atoms with E-state index in [-0.39, 0.29) is 5.39 Å². The SMILES string of the molecule is Cn1c(=O)c2c(Nc3ccccc3)ncnc2n(C)c1=O. The van der Waals surface area contributed by atoms with Crippen LogP contribution in [0, 0.1) is 0 Å². The minimum absolute atomic E-state index is 0.283. The van der Waals surface area contributed by atoms with E-state index in [0.29, 0.717) is 11.5 Å². The predicted octanol–water partition coefficient (Wildman–Crippen LogP) is 0.771. The van der Waals surface area contributed by atoms with Crippen molar-refractivity contribution in [3.63, 3.8) is 0 Å². The minimum atomic E-state index is -0.424. The van der Waals surface area contributed by atoms with Crippen LogP contribution in [0.15, 0.2) is 46.2 Å². The lowest BCUT2D eigenvalue weighted by atomic mass is 10.3. The van der Waals surface area contributed by atoms with Crippen molar-refractivity contribution in [2.45, 2.75) is 0 Å². The fourth-order valence-electron chi connectivity index (χ4n) is 2.15. The van der Waals surface area contributed by atoms with E-state index in [1.54, 1.807) is 7.05 Å². The van der Waals surface area contributed by atoms with Gasteiger partial charge in [0, 0.05) is 19.8 Å². The number of nitrogens with zero attached hydrogens (tertiary/aromatic N) is 4. The van der Waals surface area contributed by atoms with Gasteiger partial charge in [-0.25, -0.2) is 14.8 Å². The van der Waals surface area contributed by atoms with Crippen LogP contribution in [-0.4, -0.2) is 19.1 Å². The van der Waals surface area contributed by atoms with Gasteiger partial charge in [0.05, 0.1) is 0 Å². The number of anilines is 2. The molecule has 0 radical (unpaired) electrons. The van der Waals surface area contributed by atoms with Crippen LogP contribution in [0.5, 0.6) is 0 Å². The lowest BCUT2D eigenvalue weighted by molar-refractivity contribution is 0.706. The summed E-state index contributed by atoms with van der Waals surface area (Å²) in [7, 11) is 3.01. The summed E-state index contributed by atoms with van der Waals surface area (Å²) in [6, 6.07) is 9.37. The Balaban J connectivity index is 2.30. The summed E-state index contributed by atoms with van der Waals surface area (Å²) in [5.41, 5.74) is 0.258. The van der Waals surface area contributed by atoms with Crippen molar-refractivity contribution >= 4 is 22.5 Å². The Kier molecular flexibility index (Phi) is 3.02. The van der Waals surface area contributed by atoms with Gasteiger partial charge in [0.2, 0.25) is 0 Å². The summed E-state index contributed by atoms with van der Waals surface area (Å²) in [5, 5.41) is 3.37. The van der Waals surface area contributed by atoms with Crippen LogP contribution in [0.25, 0.3) is 11.0 Å². The number of hydrogen-bond donors (Lipinski definition) is 1. The molecule has 0 saturated carbocycles. The van der Waals surface area contributed by atoms with Crippen molar-refractivity contribution in [2.75, 3.05) is 5.32 Å². The Hall–Kier alpha value is -2.96. The molecule has 0 aliphatic heterocycles. The number of rotatable bonds is 2. The second-order valence-electron chi connectivity index (χ2n) is 4.62. The normalized spacial score (nSPS) is 10.8. The zero-order valence-electron chi connectivity index (χ0n) is 11.6. The molecule has 0 fully saturated rings. The van der Waals surface area contributed by atoms with E-state index in [9.17, 15) is 9.59 Å².